The van der Waals surface area contributed by atoms with Crippen LogP contribution in [0.3, 0.4) is 0 Å². The number of methoxy groups -OCH3 is 1. The Balaban J connectivity index is 1.90. The molecule has 1 aromatic heterocycles. The van der Waals surface area contributed by atoms with E-state index in [1.54, 1.807) is 19.2 Å². The van der Waals surface area contributed by atoms with Gasteiger partial charge in [0.1, 0.15) is 11.9 Å². The van der Waals surface area contributed by atoms with E-state index in [2.05, 4.69) is 15.6 Å². The van der Waals surface area contributed by atoms with Crippen molar-refractivity contribution in [2.24, 2.45) is 7.05 Å². The zero-order chi connectivity index (χ0) is 22.8. The van der Waals surface area contributed by atoms with E-state index in [9.17, 15) is 13.6 Å². The summed E-state index contributed by atoms with van der Waals surface area (Å²) in [5.41, 5.74) is 0.340. The lowest BCUT2D eigenvalue weighted by molar-refractivity contribution is 0.386. The molecule has 1 aliphatic rings. The molecule has 4 rings (SSSR count). The fraction of sp³-hybridized carbons (Fsp3) is 0.261. The highest BCUT2D eigenvalue weighted by Gasteiger charge is 2.22. The first-order chi connectivity index (χ1) is 15.4. The average molecular weight is 437 g/mol. The second-order valence-corrected chi connectivity index (χ2v) is 7.50. The third-order valence-corrected chi connectivity index (χ3v) is 5.53. The molecule has 1 atom stereocenters. The van der Waals surface area contributed by atoms with E-state index >= 15 is 0 Å². The molecule has 0 aliphatic carbocycles. The van der Waals surface area contributed by atoms with Gasteiger partial charge in [-0.3, -0.25) is 9.36 Å². The lowest BCUT2D eigenvalue weighted by Gasteiger charge is -2.28. The lowest BCUT2D eigenvalue weighted by atomic mass is 9.99. The van der Waals surface area contributed by atoms with Crippen LogP contribution >= 0.6 is 0 Å². The molecule has 32 heavy (non-hydrogen) atoms. The number of nitrogens with zero attached hydrogens (tertiary/aromatic N) is 3. The van der Waals surface area contributed by atoms with Crippen LogP contribution in [0.5, 0.6) is 5.75 Å². The summed E-state index contributed by atoms with van der Waals surface area (Å²) in [7, 11) is 2.92. The molecule has 0 amide bonds. The number of nitrogens with one attached hydrogen (secondary N) is 2. The fourth-order valence-electron chi connectivity index (χ4n) is 3.54. The van der Waals surface area contributed by atoms with E-state index in [1.807, 2.05) is 0 Å². The molecule has 7 nitrogen and oxygen atoms in total. The van der Waals surface area contributed by atoms with Crippen molar-refractivity contribution >= 4 is 5.95 Å². The maximum Gasteiger partial charge on any atom is 0.263 e. The van der Waals surface area contributed by atoms with Gasteiger partial charge in [-0.25, -0.2) is 13.8 Å². The van der Waals surface area contributed by atoms with E-state index < -0.39 is 17.2 Å². The van der Waals surface area contributed by atoms with Crippen molar-refractivity contribution in [3.05, 3.63) is 63.9 Å². The summed E-state index contributed by atoms with van der Waals surface area (Å²) >= 11 is 0. The number of aromatic nitrogens is 2. The number of hydrogen-bond donors (Lipinski definition) is 2. The van der Waals surface area contributed by atoms with Crippen LogP contribution in [-0.4, -0.2) is 35.8 Å². The highest BCUT2D eigenvalue weighted by Crippen LogP contribution is 2.32. The van der Waals surface area contributed by atoms with Crippen LogP contribution in [0.4, 0.5) is 14.7 Å². The molecule has 0 radical (unpaired) electrons. The number of hydrogen-bond acceptors (Lipinski definition) is 6. The second-order valence-electron chi connectivity index (χ2n) is 7.50. The molecule has 0 bridgehead atoms. The summed E-state index contributed by atoms with van der Waals surface area (Å²) in [5.74, 6) is -1.02. The molecule has 2 aromatic carbocycles. The smallest absolute Gasteiger partial charge is 0.263 e. The minimum absolute atomic E-state index is 0.0378. The molecule has 1 fully saturated rings. The Morgan fingerprint density at radius 2 is 1.97 bits per heavy atom. The topological polar surface area (TPSA) is 92.0 Å². The van der Waals surface area contributed by atoms with Crippen LogP contribution in [0.1, 0.15) is 12.0 Å². The molecule has 1 unspecified atom stereocenters. The van der Waals surface area contributed by atoms with E-state index in [0.717, 1.165) is 19.0 Å². The van der Waals surface area contributed by atoms with Crippen molar-refractivity contribution in [2.75, 3.05) is 25.5 Å². The van der Waals surface area contributed by atoms with Crippen molar-refractivity contribution < 1.29 is 13.5 Å². The van der Waals surface area contributed by atoms with Gasteiger partial charge in [-0.2, -0.15) is 5.26 Å². The first-order valence-corrected chi connectivity index (χ1v) is 10.0. The first kappa shape index (κ1) is 21.5. The second kappa shape index (κ2) is 8.77. The summed E-state index contributed by atoms with van der Waals surface area (Å²) < 4.78 is 35.1. The van der Waals surface area contributed by atoms with E-state index in [1.165, 1.54) is 35.9 Å². The quantitative estimate of drug-likeness (QED) is 0.616. The Hall–Kier alpha value is -3.77. The molecule has 0 saturated carbocycles. The summed E-state index contributed by atoms with van der Waals surface area (Å²) in [4.78, 5) is 18.0. The van der Waals surface area contributed by atoms with Crippen LogP contribution in [0, 0.1) is 23.0 Å². The summed E-state index contributed by atoms with van der Waals surface area (Å²) in [5, 5.41) is 15.5. The largest absolute Gasteiger partial charge is 0.494 e. The minimum atomic E-state index is -0.729. The average Bonchev–Trinajstić information content (AvgIpc) is 2.75. The standard InChI is InChI=1S/C23H21F2N5O2/c1-30-22(31)20(13-5-6-19(32-2)18(25)9-13)21(14-3-4-15(11-26)17(24)10-14)29-23(30)28-12-16-7-8-27-16/h3-6,9-10,16,27H,7-8,12H2,1-2H3,(H,28,29). The van der Waals surface area contributed by atoms with Crippen LogP contribution in [0.25, 0.3) is 22.4 Å². The fourth-order valence-corrected chi connectivity index (χ4v) is 3.54. The number of nitriles is 1. The van der Waals surface area contributed by atoms with Crippen molar-refractivity contribution in [3.8, 4) is 34.2 Å². The minimum Gasteiger partial charge on any atom is -0.494 e. The Morgan fingerprint density at radius 3 is 2.56 bits per heavy atom. The molecule has 1 aliphatic heterocycles. The predicted molar refractivity (Wildman–Crippen MR) is 116 cm³/mol. The maximum atomic E-state index is 14.4. The Bertz CT molecular complexity index is 1280. The first-order valence-electron chi connectivity index (χ1n) is 10.0. The Kier molecular flexibility index (Phi) is 5.88. The maximum absolute atomic E-state index is 14.4. The zero-order valence-corrected chi connectivity index (χ0v) is 17.6. The predicted octanol–water partition coefficient (Wildman–Crippen LogP) is 3.05. The molecular weight excluding hydrogens is 416 g/mol. The third kappa shape index (κ3) is 3.92. The van der Waals surface area contributed by atoms with Gasteiger partial charge in [0.2, 0.25) is 5.95 Å². The molecular formula is C23H21F2N5O2. The van der Waals surface area contributed by atoms with Crippen LogP contribution in [0.15, 0.2) is 41.2 Å². The van der Waals surface area contributed by atoms with Crippen molar-refractivity contribution in [3.63, 3.8) is 0 Å². The van der Waals surface area contributed by atoms with Gasteiger partial charge < -0.3 is 15.4 Å². The molecule has 9 heteroatoms. The normalized spacial score (nSPS) is 15.0. The highest BCUT2D eigenvalue weighted by atomic mass is 19.1. The van der Waals surface area contributed by atoms with Gasteiger partial charge in [-0.1, -0.05) is 12.1 Å². The molecule has 0 spiro atoms. The molecule has 164 valence electrons. The molecule has 2 N–H and O–H groups in total. The number of anilines is 1. The SMILES string of the molecule is COc1ccc(-c2c(-c3ccc(C#N)c(F)c3)nc(NCC3CCN3)n(C)c2=O)cc1F. The van der Waals surface area contributed by atoms with Crippen molar-refractivity contribution in [1.82, 2.24) is 14.9 Å². The van der Waals surface area contributed by atoms with Gasteiger partial charge in [-0.05, 0) is 42.8 Å². The van der Waals surface area contributed by atoms with Gasteiger partial charge in [0, 0.05) is 25.2 Å². The summed E-state index contributed by atoms with van der Waals surface area (Å²) in [6.07, 6.45) is 1.01. The van der Waals surface area contributed by atoms with Crippen molar-refractivity contribution in [1.29, 1.82) is 5.26 Å². The van der Waals surface area contributed by atoms with Crippen molar-refractivity contribution in [2.45, 2.75) is 12.5 Å². The number of rotatable bonds is 6. The monoisotopic (exact) mass is 437 g/mol. The summed E-state index contributed by atoms with van der Waals surface area (Å²) in [6, 6.07) is 10.2. The van der Waals surface area contributed by atoms with Crippen LogP contribution in [-0.2, 0) is 7.05 Å². The number of halogens is 2. The number of ether oxygens (including phenoxy) is 1. The molecule has 1 saturated heterocycles. The van der Waals surface area contributed by atoms with Gasteiger partial charge in [0.15, 0.2) is 11.6 Å². The van der Waals surface area contributed by atoms with Gasteiger partial charge in [0.05, 0.1) is 23.9 Å². The van der Waals surface area contributed by atoms with Gasteiger partial charge in [0.25, 0.3) is 5.56 Å². The van der Waals surface area contributed by atoms with E-state index in [-0.39, 0.29) is 34.2 Å². The zero-order valence-electron chi connectivity index (χ0n) is 17.6. The highest BCUT2D eigenvalue weighted by molar-refractivity contribution is 5.81. The van der Waals surface area contributed by atoms with E-state index in [4.69, 9.17) is 10.00 Å². The van der Waals surface area contributed by atoms with Gasteiger partial charge in [-0.15, -0.1) is 0 Å². The lowest BCUT2D eigenvalue weighted by Crippen LogP contribution is -2.47. The Labute approximate surface area is 183 Å². The van der Waals surface area contributed by atoms with Crippen LogP contribution < -0.4 is 20.9 Å². The Morgan fingerprint density at radius 1 is 1.25 bits per heavy atom. The van der Waals surface area contributed by atoms with E-state index in [0.29, 0.717) is 18.1 Å². The molecule has 3 aromatic rings. The van der Waals surface area contributed by atoms with Crippen LogP contribution in [0.2, 0.25) is 0 Å². The number of benzene rings is 2. The summed E-state index contributed by atoms with van der Waals surface area (Å²) in [6.45, 7) is 1.51. The third-order valence-electron chi connectivity index (χ3n) is 5.53. The van der Waals surface area contributed by atoms with Gasteiger partial charge >= 0.3 is 0 Å². The molecule has 2 heterocycles.